The Morgan fingerprint density at radius 3 is 2.71 bits per heavy atom. The third-order valence-corrected chi connectivity index (χ3v) is 3.17. The van der Waals surface area contributed by atoms with E-state index in [9.17, 15) is 4.79 Å². The molecule has 0 saturated carbocycles. The monoisotopic (exact) mass is 212 g/mol. The predicted octanol–water partition coefficient (Wildman–Crippen LogP) is 1.20. The highest BCUT2D eigenvalue weighted by Gasteiger charge is 2.03. The number of amides is 1. The first kappa shape index (κ1) is 11.2. The molecular formula is C10H16N2OS. The highest BCUT2D eigenvalue weighted by molar-refractivity contribution is 7.12. The Labute approximate surface area is 88.5 Å². The molecule has 1 heterocycles. The summed E-state index contributed by atoms with van der Waals surface area (Å²) in [4.78, 5) is 13.7. The van der Waals surface area contributed by atoms with Crippen LogP contribution in [0.15, 0.2) is 6.07 Å². The predicted molar refractivity (Wildman–Crippen MR) is 59.6 cm³/mol. The van der Waals surface area contributed by atoms with Gasteiger partial charge in [0.05, 0.1) is 13.1 Å². The number of hydrogen-bond donors (Lipinski definition) is 2. The molecule has 0 aliphatic heterocycles. The van der Waals surface area contributed by atoms with E-state index in [1.807, 2.05) is 0 Å². The van der Waals surface area contributed by atoms with Crippen LogP contribution >= 0.6 is 11.3 Å². The second-order valence-corrected chi connectivity index (χ2v) is 4.60. The number of rotatable bonds is 4. The largest absolute Gasteiger partial charge is 0.350 e. The lowest BCUT2D eigenvalue weighted by Crippen LogP contribution is -2.31. The molecule has 78 valence electrons. The Balaban J connectivity index is 2.42. The summed E-state index contributed by atoms with van der Waals surface area (Å²) in [7, 11) is 1.76. The smallest absolute Gasteiger partial charge is 0.234 e. The van der Waals surface area contributed by atoms with E-state index in [-0.39, 0.29) is 5.91 Å². The molecule has 3 nitrogen and oxygen atoms in total. The normalized spacial score (nSPS) is 10.2. The van der Waals surface area contributed by atoms with Gasteiger partial charge in [0.1, 0.15) is 0 Å². The Kier molecular flexibility index (Phi) is 4.10. The van der Waals surface area contributed by atoms with Gasteiger partial charge in [-0.15, -0.1) is 11.3 Å². The summed E-state index contributed by atoms with van der Waals surface area (Å²) in [5.74, 6) is 0.0382. The van der Waals surface area contributed by atoms with Crippen LogP contribution in [0.3, 0.4) is 0 Å². The maximum Gasteiger partial charge on any atom is 0.234 e. The highest BCUT2D eigenvalue weighted by atomic mass is 32.1. The zero-order valence-electron chi connectivity index (χ0n) is 8.81. The van der Waals surface area contributed by atoms with Crippen LogP contribution in [0.25, 0.3) is 0 Å². The zero-order valence-corrected chi connectivity index (χ0v) is 9.62. The Morgan fingerprint density at radius 1 is 1.50 bits per heavy atom. The molecule has 1 rings (SSSR count). The van der Waals surface area contributed by atoms with E-state index in [2.05, 4.69) is 30.5 Å². The molecule has 0 spiro atoms. The quantitative estimate of drug-likeness (QED) is 0.787. The van der Waals surface area contributed by atoms with Gasteiger partial charge in [0, 0.05) is 9.75 Å². The number of carbonyl (C=O) groups excluding carboxylic acids is 1. The van der Waals surface area contributed by atoms with E-state index in [1.165, 1.54) is 15.3 Å². The van der Waals surface area contributed by atoms with Gasteiger partial charge >= 0.3 is 0 Å². The summed E-state index contributed by atoms with van der Waals surface area (Å²) < 4.78 is 0. The van der Waals surface area contributed by atoms with Crippen LogP contribution in [0.1, 0.15) is 15.3 Å². The van der Waals surface area contributed by atoms with Crippen molar-refractivity contribution in [3.63, 3.8) is 0 Å². The molecule has 0 aliphatic rings. The van der Waals surface area contributed by atoms with Crippen LogP contribution in [0.5, 0.6) is 0 Å². The van der Waals surface area contributed by atoms with E-state index >= 15 is 0 Å². The molecule has 1 aromatic rings. The number of thiophene rings is 1. The van der Waals surface area contributed by atoms with Crippen molar-refractivity contribution in [2.45, 2.75) is 20.4 Å². The number of nitrogens with one attached hydrogen (secondary N) is 2. The fourth-order valence-electron chi connectivity index (χ4n) is 1.15. The summed E-state index contributed by atoms with van der Waals surface area (Å²) in [6.07, 6.45) is 0. The number of aryl methyl sites for hydroxylation is 2. The van der Waals surface area contributed by atoms with E-state index in [4.69, 9.17) is 0 Å². The topological polar surface area (TPSA) is 41.1 Å². The summed E-state index contributed by atoms with van der Waals surface area (Å²) in [5, 5.41) is 5.66. The molecule has 0 bridgehead atoms. The lowest BCUT2D eigenvalue weighted by molar-refractivity contribution is -0.120. The molecule has 14 heavy (non-hydrogen) atoms. The van der Waals surface area contributed by atoms with Crippen LogP contribution in [-0.2, 0) is 11.3 Å². The first-order chi connectivity index (χ1) is 6.63. The molecule has 1 aromatic heterocycles. The highest BCUT2D eigenvalue weighted by Crippen LogP contribution is 2.19. The van der Waals surface area contributed by atoms with Crippen molar-refractivity contribution in [2.75, 3.05) is 13.6 Å². The summed E-state index contributed by atoms with van der Waals surface area (Å²) in [6, 6.07) is 2.12. The standard InChI is InChI=1S/C10H16N2OS/c1-7-4-9(14-8(7)2)5-12-10(13)6-11-3/h4,11H,5-6H2,1-3H3,(H,12,13). The van der Waals surface area contributed by atoms with Crippen molar-refractivity contribution < 1.29 is 4.79 Å². The second-order valence-electron chi connectivity index (χ2n) is 3.26. The van der Waals surface area contributed by atoms with Crippen LogP contribution in [-0.4, -0.2) is 19.5 Å². The van der Waals surface area contributed by atoms with Crippen LogP contribution < -0.4 is 10.6 Å². The van der Waals surface area contributed by atoms with Crippen molar-refractivity contribution in [2.24, 2.45) is 0 Å². The minimum Gasteiger partial charge on any atom is -0.350 e. The van der Waals surface area contributed by atoms with Gasteiger partial charge in [0.15, 0.2) is 0 Å². The third kappa shape index (κ3) is 3.12. The maximum absolute atomic E-state index is 11.1. The van der Waals surface area contributed by atoms with Gasteiger partial charge < -0.3 is 10.6 Å². The minimum absolute atomic E-state index is 0.0382. The molecule has 4 heteroatoms. The van der Waals surface area contributed by atoms with Crippen LogP contribution in [0, 0.1) is 13.8 Å². The van der Waals surface area contributed by atoms with Gasteiger partial charge in [-0.3, -0.25) is 4.79 Å². The fourth-order valence-corrected chi connectivity index (χ4v) is 2.14. The first-order valence-electron chi connectivity index (χ1n) is 4.60. The van der Waals surface area contributed by atoms with E-state index in [0.29, 0.717) is 13.1 Å². The lowest BCUT2D eigenvalue weighted by Gasteiger charge is -2.01. The Morgan fingerprint density at radius 2 is 2.21 bits per heavy atom. The molecule has 0 atom stereocenters. The Bertz CT molecular complexity index is 300. The van der Waals surface area contributed by atoms with E-state index in [0.717, 1.165) is 0 Å². The van der Waals surface area contributed by atoms with Gasteiger partial charge in [-0.2, -0.15) is 0 Å². The van der Waals surface area contributed by atoms with Crippen molar-refractivity contribution in [3.05, 3.63) is 21.4 Å². The molecule has 0 aromatic carbocycles. The van der Waals surface area contributed by atoms with E-state index < -0.39 is 0 Å². The summed E-state index contributed by atoms with van der Waals surface area (Å²) in [5.41, 5.74) is 1.30. The van der Waals surface area contributed by atoms with Crippen molar-refractivity contribution in [3.8, 4) is 0 Å². The zero-order chi connectivity index (χ0) is 10.6. The fraction of sp³-hybridized carbons (Fsp3) is 0.500. The number of carbonyl (C=O) groups is 1. The van der Waals surface area contributed by atoms with Crippen molar-refractivity contribution in [1.29, 1.82) is 0 Å². The average molecular weight is 212 g/mol. The molecule has 0 unspecified atom stereocenters. The number of hydrogen-bond acceptors (Lipinski definition) is 3. The SMILES string of the molecule is CNCC(=O)NCc1cc(C)c(C)s1. The van der Waals surface area contributed by atoms with Crippen molar-refractivity contribution in [1.82, 2.24) is 10.6 Å². The molecule has 2 N–H and O–H groups in total. The van der Waals surface area contributed by atoms with Gasteiger partial charge in [-0.1, -0.05) is 0 Å². The summed E-state index contributed by atoms with van der Waals surface area (Å²) >= 11 is 1.74. The average Bonchev–Trinajstić information content (AvgIpc) is 2.44. The minimum atomic E-state index is 0.0382. The van der Waals surface area contributed by atoms with E-state index in [1.54, 1.807) is 18.4 Å². The Hall–Kier alpha value is -0.870. The molecule has 0 fully saturated rings. The molecule has 0 radical (unpaired) electrons. The number of likely N-dealkylation sites (N-methyl/N-ethyl adjacent to an activating group) is 1. The van der Waals surface area contributed by atoms with Gasteiger partial charge in [-0.05, 0) is 32.5 Å². The second kappa shape index (κ2) is 5.12. The van der Waals surface area contributed by atoms with Crippen LogP contribution in [0.4, 0.5) is 0 Å². The first-order valence-corrected chi connectivity index (χ1v) is 5.42. The van der Waals surface area contributed by atoms with Crippen LogP contribution in [0.2, 0.25) is 0 Å². The third-order valence-electron chi connectivity index (χ3n) is 2.01. The molecule has 0 aliphatic carbocycles. The molecule has 0 saturated heterocycles. The maximum atomic E-state index is 11.1. The van der Waals surface area contributed by atoms with Gasteiger partial charge in [0.25, 0.3) is 0 Å². The molecular weight excluding hydrogens is 196 g/mol. The van der Waals surface area contributed by atoms with Crippen molar-refractivity contribution >= 4 is 17.2 Å². The lowest BCUT2D eigenvalue weighted by atomic mass is 10.3. The van der Waals surface area contributed by atoms with Gasteiger partial charge in [-0.25, -0.2) is 0 Å². The van der Waals surface area contributed by atoms with Gasteiger partial charge in [0.2, 0.25) is 5.91 Å². The molecule has 1 amide bonds. The summed E-state index contributed by atoms with van der Waals surface area (Å²) in [6.45, 7) is 5.20.